The number of benzene rings is 2. The third kappa shape index (κ3) is 3.20. The Labute approximate surface area is 103 Å². The maximum atomic E-state index is 13.0. The lowest BCUT2D eigenvalue weighted by Crippen LogP contribution is -1.88. The minimum atomic E-state index is -0.817. The summed E-state index contributed by atoms with van der Waals surface area (Å²) in [6, 6.07) is 11.4. The van der Waals surface area contributed by atoms with Crippen molar-refractivity contribution in [1.29, 1.82) is 0 Å². The Hall–Kier alpha value is -1.55. The smallest absolute Gasteiger partial charge is 0.159 e. The molecule has 0 fully saturated rings. The van der Waals surface area contributed by atoms with E-state index in [-0.39, 0.29) is 0 Å². The van der Waals surface area contributed by atoms with Gasteiger partial charge in [-0.05, 0) is 35.9 Å². The Morgan fingerprint density at radius 2 is 1.82 bits per heavy atom. The number of rotatable bonds is 3. The van der Waals surface area contributed by atoms with E-state index in [0.29, 0.717) is 11.4 Å². The van der Waals surface area contributed by atoms with Gasteiger partial charge in [0.25, 0.3) is 0 Å². The topological polar surface area (TPSA) is 26.0 Å². The third-order valence-corrected chi connectivity index (χ3v) is 3.31. The first-order valence-electron chi connectivity index (χ1n) is 5.07. The summed E-state index contributed by atoms with van der Waals surface area (Å²) in [4.78, 5) is 1.01. The molecule has 2 N–H and O–H groups in total. The zero-order chi connectivity index (χ0) is 12.3. The van der Waals surface area contributed by atoms with Gasteiger partial charge in [0.05, 0.1) is 0 Å². The first kappa shape index (κ1) is 11.9. The van der Waals surface area contributed by atoms with Gasteiger partial charge in [-0.25, -0.2) is 8.78 Å². The molecule has 1 nitrogen and oxygen atoms in total. The molecule has 4 heteroatoms. The van der Waals surface area contributed by atoms with E-state index in [4.69, 9.17) is 5.73 Å². The molecule has 0 bridgehead atoms. The maximum absolute atomic E-state index is 13.0. The summed E-state index contributed by atoms with van der Waals surface area (Å²) < 4.78 is 25.7. The highest BCUT2D eigenvalue weighted by Gasteiger charge is 2.03. The van der Waals surface area contributed by atoms with Crippen molar-refractivity contribution in [3.63, 3.8) is 0 Å². The number of nitrogens with two attached hydrogens (primary N) is 1. The second-order valence-corrected chi connectivity index (χ2v) is 4.66. The van der Waals surface area contributed by atoms with Gasteiger partial charge in [0, 0.05) is 16.3 Å². The predicted octanol–water partition coefficient (Wildman–Crippen LogP) is 3.84. The molecule has 0 atom stereocenters. The van der Waals surface area contributed by atoms with Gasteiger partial charge in [-0.15, -0.1) is 11.8 Å². The van der Waals surface area contributed by atoms with Gasteiger partial charge in [0.1, 0.15) is 0 Å². The van der Waals surface area contributed by atoms with Crippen molar-refractivity contribution in [1.82, 2.24) is 0 Å². The molecule has 0 saturated heterocycles. The predicted molar refractivity (Wildman–Crippen MR) is 66.8 cm³/mol. The van der Waals surface area contributed by atoms with Crippen LogP contribution in [0.1, 0.15) is 5.56 Å². The number of hydrogen-bond acceptors (Lipinski definition) is 2. The summed E-state index contributed by atoms with van der Waals surface area (Å²) in [6.45, 7) is 0. The Kier molecular flexibility index (Phi) is 3.64. The first-order chi connectivity index (χ1) is 8.15. The summed E-state index contributed by atoms with van der Waals surface area (Å²) in [5, 5.41) is 0. The molecule has 88 valence electrons. The standard InChI is InChI=1S/C13H11F2NS/c14-12-5-4-9(6-13(12)15)8-17-11-3-1-2-10(16)7-11/h1-7H,8,16H2. The fourth-order valence-corrected chi connectivity index (χ4v) is 2.31. The molecule has 0 spiro atoms. The Morgan fingerprint density at radius 3 is 2.53 bits per heavy atom. The van der Waals surface area contributed by atoms with E-state index >= 15 is 0 Å². The maximum Gasteiger partial charge on any atom is 0.159 e. The Morgan fingerprint density at radius 1 is 1.00 bits per heavy atom. The second-order valence-electron chi connectivity index (χ2n) is 3.61. The monoisotopic (exact) mass is 251 g/mol. The average Bonchev–Trinajstić information content (AvgIpc) is 2.31. The van der Waals surface area contributed by atoms with Gasteiger partial charge in [0.15, 0.2) is 11.6 Å². The summed E-state index contributed by atoms with van der Waals surface area (Å²) in [5.41, 5.74) is 7.09. The number of nitrogen functional groups attached to an aromatic ring is 1. The third-order valence-electron chi connectivity index (χ3n) is 2.25. The van der Waals surface area contributed by atoms with E-state index in [1.165, 1.54) is 17.8 Å². The van der Waals surface area contributed by atoms with Crippen molar-refractivity contribution < 1.29 is 8.78 Å². The molecule has 0 saturated carbocycles. The number of hydrogen-bond donors (Lipinski definition) is 1. The van der Waals surface area contributed by atoms with Crippen molar-refractivity contribution in [2.75, 3.05) is 5.73 Å². The van der Waals surface area contributed by atoms with Gasteiger partial charge in [-0.2, -0.15) is 0 Å². The largest absolute Gasteiger partial charge is 0.399 e. The Balaban J connectivity index is 2.05. The lowest BCUT2D eigenvalue weighted by molar-refractivity contribution is 0.507. The molecule has 0 aliphatic rings. The normalized spacial score (nSPS) is 10.5. The molecule has 0 heterocycles. The molecule has 2 aromatic rings. The molecule has 0 aromatic heterocycles. The fourth-order valence-electron chi connectivity index (χ4n) is 1.40. The second kappa shape index (κ2) is 5.19. The van der Waals surface area contributed by atoms with Crippen LogP contribution >= 0.6 is 11.8 Å². The molecule has 0 aliphatic carbocycles. The van der Waals surface area contributed by atoms with E-state index < -0.39 is 11.6 Å². The van der Waals surface area contributed by atoms with E-state index in [1.807, 2.05) is 24.3 Å². The Bertz CT molecular complexity index is 529. The summed E-state index contributed by atoms with van der Waals surface area (Å²) >= 11 is 1.53. The molecular formula is C13H11F2NS. The van der Waals surface area contributed by atoms with Crippen LogP contribution in [0, 0.1) is 11.6 Å². The van der Waals surface area contributed by atoms with Crippen molar-refractivity contribution in [2.24, 2.45) is 0 Å². The van der Waals surface area contributed by atoms with Crippen molar-refractivity contribution in [3.8, 4) is 0 Å². The van der Waals surface area contributed by atoms with Crippen LogP contribution in [-0.4, -0.2) is 0 Å². The zero-order valence-corrected chi connectivity index (χ0v) is 9.81. The average molecular weight is 251 g/mol. The highest BCUT2D eigenvalue weighted by Crippen LogP contribution is 2.24. The first-order valence-corrected chi connectivity index (χ1v) is 6.06. The fraction of sp³-hybridized carbons (Fsp3) is 0.0769. The highest BCUT2D eigenvalue weighted by atomic mass is 32.2. The van der Waals surface area contributed by atoms with Crippen molar-refractivity contribution in [3.05, 3.63) is 59.7 Å². The minimum absolute atomic E-state index is 0.584. The molecule has 0 radical (unpaired) electrons. The molecule has 2 rings (SSSR count). The van der Waals surface area contributed by atoms with Crippen LogP contribution in [0.3, 0.4) is 0 Å². The van der Waals surface area contributed by atoms with Crippen LogP contribution in [0.25, 0.3) is 0 Å². The zero-order valence-electron chi connectivity index (χ0n) is 8.99. The van der Waals surface area contributed by atoms with Gasteiger partial charge < -0.3 is 5.73 Å². The number of thioether (sulfide) groups is 1. The lowest BCUT2D eigenvalue weighted by atomic mass is 10.2. The van der Waals surface area contributed by atoms with E-state index in [0.717, 1.165) is 16.5 Å². The highest BCUT2D eigenvalue weighted by molar-refractivity contribution is 7.98. The lowest BCUT2D eigenvalue weighted by Gasteiger charge is -2.03. The SMILES string of the molecule is Nc1cccc(SCc2ccc(F)c(F)c2)c1. The van der Waals surface area contributed by atoms with E-state index in [9.17, 15) is 8.78 Å². The quantitative estimate of drug-likeness (QED) is 0.662. The summed E-state index contributed by atoms with van der Waals surface area (Å²) in [6.07, 6.45) is 0. The van der Waals surface area contributed by atoms with Crippen molar-refractivity contribution in [2.45, 2.75) is 10.6 Å². The molecule has 0 unspecified atom stereocenters. The molecule has 17 heavy (non-hydrogen) atoms. The summed E-state index contributed by atoms with van der Waals surface area (Å²) in [7, 11) is 0. The van der Waals surface area contributed by atoms with Crippen LogP contribution in [0.4, 0.5) is 14.5 Å². The van der Waals surface area contributed by atoms with Crippen LogP contribution < -0.4 is 5.73 Å². The molecule has 0 amide bonds. The minimum Gasteiger partial charge on any atom is -0.399 e. The van der Waals surface area contributed by atoms with Crippen LogP contribution in [-0.2, 0) is 5.75 Å². The molecule has 0 aliphatic heterocycles. The molecule has 2 aromatic carbocycles. The number of anilines is 1. The van der Waals surface area contributed by atoms with Gasteiger partial charge >= 0.3 is 0 Å². The molecular weight excluding hydrogens is 240 g/mol. The van der Waals surface area contributed by atoms with E-state index in [2.05, 4.69) is 0 Å². The van der Waals surface area contributed by atoms with Crippen LogP contribution in [0.2, 0.25) is 0 Å². The van der Waals surface area contributed by atoms with E-state index in [1.54, 1.807) is 6.07 Å². The van der Waals surface area contributed by atoms with Gasteiger partial charge in [0.2, 0.25) is 0 Å². The summed E-state index contributed by atoms with van der Waals surface area (Å²) in [5.74, 6) is -1.04. The van der Waals surface area contributed by atoms with Crippen LogP contribution in [0.15, 0.2) is 47.4 Å². The number of halogens is 2. The van der Waals surface area contributed by atoms with Gasteiger partial charge in [-0.1, -0.05) is 12.1 Å². The van der Waals surface area contributed by atoms with Gasteiger partial charge in [-0.3, -0.25) is 0 Å². The van der Waals surface area contributed by atoms with Crippen molar-refractivity contribution >= 4 is 17.4 Å². The van der Waals surface area contributed by atoms with Crippen LogP contribution in [0.5, 0.6) is 0 Å².